The second-order valence-corrected chi connectivity index (χ2v) is 3.08. The molecule has 0 spiro atoms. The summed E-state index contributed by atoms with van der Waals surface area (Å²) in [6.07, 6.45) is 4.90. The van der Waals surface area contributed by atoms with Gasteiger partial charge in [-0.1, -0.05) is 29.3 Å². The molecule has 0 aliphatic heterocycles. The SMILES string of the molecule is O=[N+]([O-])C1=C(Cl)C=CCC(Cl)=C1. The lowest BCUT2D eigenvalue weighted by molar-refractivity contribution is -0.419. The maximum atomic E-state index is 10.4. The lowest BCUT2D eigenvalue weighted by Crippen LogP contribution is -1.96. The van der Waals surface area contributed by atoms with E-state index in [0.717, 1.165) is 0 Å². The summed E-state index contributed by atoms with van der Waals surface area (Å²) in [5.74, 6) is 0. The molecule has 0 bridgehead atoms. The first-order valence-electron chi connectivity index (χ1n) is 3.18. The monoisotopic (exact) mass is 205 g/mol. The summed E-state index contributed by atoms with van der Waals surface area (Å²) in [6, 6.07) is 0. The molecule has 0 saturated carbocycles. The molecule has 0 N–H and O–H groups in total. The average molecular weight is 206 g/mol. The molecule has 0 heterocycles. The van der Waals surface area contributed by atoms with Crippen LogP contribution in [0.25, 0.3) is 0 Å². The Balaban J connectivity index is 3.13. The lowest BCUT2D eigenvalue weighted by atomic mass is 10.3. The first-order chi connectivity index (χ1) is 5.61. The van der Waals surface area contributed by atoms with Crippen LogP contribution < -0.4 is 0 Å². The molecule has 64 valence electrons. The number of hydrogen-bond acceptors (Lipinski definition) is 2. The van der Waals surface area contributed by atoms with Crippen LogP contribution in [0.1, 0.15) is 6.42 Å². The zero-order chi connectivity index (χ0) is 9.14. The fourth-order valence-corrected chi connectivity index (χ4v) is 1.18. The van der Waals surface area contributed by atoms with Crippen molar-refractivity contribution in [1.29, 1.82) is 0 Å². The molecule has 0 amide bonds. The Morgan fingerprint density at radius 3 is 2.75 bits per heavy atom. The van der Waals surface area contributed by atoms with Crippen LogP contribution in [0.15, 0.2) is 34.0 Å². The van der Waals surface area contributed by atoms with Crippen LogP contribution in [-0.2, 0) is 0 Å². The molecule has 0 saturated heterocycles. The van der Waals surface area contributed by atoms with Crippen LogP contribution in [0.2, 0.25) is 0 Å². The van der Waals surface area contributed by atoms with Crippen LogP contribution in [-0.4, -0.2) is 4.92 Å². The number of nitro groups is 1. The van der Waals surface area contributed by atoms with Crippen molar-refractivity contribution in [3.8, 4) is 0 Å². The predicted molar refractivity (Wildman–Crippen MR) is 47.6 cm³/mol. The number of hydrogen-bond donors (Lipinski definition) is 0. The van der Waals surface area contributed by atoms with Gasteiger partial charge in [-0.3, -0.25) is 10.1 Å². The predicted octanol–water partition coefficient (Wildman–Crippen LogP) is 2.80. The molecule has 1 rings (SSSR count). The molecule has 3 nitrogen and oxygen atoms in total. The normalized spacial score (nSPS) is 17.3. The second-order valence-electron chi connectivity index (χ2n) is 2.19. The molecule has 0 aromatic heterocycles. The van der Waals surface area contributed by atoms with Crippen LogP contribution in [0.4, 0.5) is 0 Å². The Labute approximate surface area is 79.1 Å². The summed E-state index contributed by atoms with van der Waals surface area (Å²) in [5, 5.41) is 10.9. The summed E-state index contributed by atoms with van der Waals surface area (Å²) in [7, 11) is 0. The second kappa shape index (κ2) is 3.74. The van der Waals surface area contributed by atoms with Crippen molar-refractivity contribution in [3.05, 3.63) is 44.1 Å². The van der Waals surface area contributed by atoms with Crippen molar-refractivity contribution in [1.82, 2.24) is 0 Å². The number of allylic oxidation sites excluding steroid dienone is 5. The zero-order valence-electron chi connectivity index (χ0n) is 5.96. The minimum atomic E-state index is -0.555. The molecular weight excluding hydrogens is 201 g/mol. The van der Waals surface area contributed by atoms with Crippen molar-refractivity contribution >= 4 is 23.2 Å². The highest BCUT2D eigenvalue weighted by atomic mass is 35.5. The maximum absolute atomic E-state index is 10.4. The van der Waals surface area contributed by atoms with E-state index in [9.17, 15) is 10.1 Å². The van der Waals surface area contributed by atoms with Gasteiger partial charge in [0.05, 0.1) is 4.92 Å². The molecule has 0 fully saturated rings. The van der Waals surface area contributed by atoms with Crippen LogP contribution >= 0.6 is 23.2 Å². The molecule has 0 aromatic rings. The zero-order valence-corrected chi connectivity index (χ0v) is 7.47. The lowest BCUT2D eigenvalue weighted by Gasteiger charge is -1.91. The molecule has 0 unspecified atom stereocenters. The van der Waals surface area contributed by atoms with Crippen molar-refractivity contribution in [2.45, 2.75) is 6.42 Å². The summed E-state index contributed by atoms with van der Waals surface area (Å²) >= 11 is 11.2. The van der Waals surface area contributed by atoms with Crippen molar-refractivity contribution < 1.29 is 4.92 Å². The number of rotatable bonds is 1. The molecular formula is C7H5Cl2NO2. The summed E-state index contributed by atoms with van der Waals surface area (Å²) < 4.78 is 0. The molecule has 0 aromatic carbocycles. The van der Waals surface area contributed by atoms with E-state index in [0.29, 0.717) is 11.5 Å². The average Bonchev–Trinajstić information content (AvgIpc) is 2.13. The van der Waals surface area contributed by atoms with Crippen LogP contribution in [0.3, 0.4) is 0 Å². The Morgan fingerprint density at radius 1 is 1.50 bits per heavy atom. The van der Waals surface area contributed by atoms with Gasteiger partial charge in [-0.15, -0.1) is 0 Å². The molecule has 0 radical (unpaired) electrons. The third-order valence-electron chi connectivity index (χ3n) is 1.31. The fraction of sp³-hybridized carbons (Fsp3) is 0.143. The van der Waals surface area contributed by atoms with Gasteiger partial charge in [0.1, 0.15) is 5.03 Å². The van der Waals surface area contributed by atoms with Crippen molar-refractivity contribution in [2.75, 3.05) is 0 Å². The maximum Gasteiger partial charge on any atom is 0.289 e. The molecule has 1 aliphatic rings. The van der Waals surface area contributed by atoms with Crippen molar-refractivity contribution in [3.63, 3.8) is 0 Å². The summed E-state index contributed by atoms with van der Waals surface area (Å²) in [6.45, 7) is 0. The first-order valence-corrected chi connectivity index (χ1v) is 3.93. The van der Waals surface area contributed by atoms with Gasteiger partial charge in [-0.25, -0.2) is 0 Å². The summed E-state index contributed by atoms with van der Waals surface area (Å²) in [5.41, 5.74) is -0.157. The van der Waals surface area contributed by atoms with Gasteiger partial charge in [0, 0.05) is 17.5 Å². The van der Waals surface area contributed by atoms with Gasteiger partial charge in [0.2, 0.25) is 0 Å². The largest absolute Gasteiger partial charge is 0.289 e. The van der Waals surface area contributed by atoms with E-state index in [4.69, 9.17) is 23.2 Å². The van der Waals surface area contributed by atoms with Gasteiger partial charge >= 0.3 is 0 Å². The van der Waals surface area contributed by atoms with E-state index in [1.807, 2.05) is 0 Å². The van der Waals surface area contributed by atoms with E-state index < -0.39 is 4.92 Å². The molecule has 12 heavy (non-hydrogen) atoms. The number of halogens is 2. The standard InChI is InChI=1S/C7H5Cl2NO2/c8-5-2-1-3-6(9)7(4-5)10(11)12/h1,3-4H,2H2. The Hall–Kier alpha value is -0.800. The molecule has 1 aliphatic carbocycles. The highest BCUT2D eigenvalue weighted by molar-refractivity contribution is 6.32. The van der Waals surface area contributed by atoms with Gasteiger partial charge < -0.3 is 0 Å². The minimum Gasteiger partial charge on any atom is -0.258 e. The van der Waals surface area contributed by atoms with E-state index >= 15 is 0 Å². The van der Waals surface area contributed by atoms with E-state index in [1.54, 1.807) is 6.08 Å². The molecule has 0 atom stereocenters. The highest BCUT2D eigenvalue weighted by Crippen LogP contribution is 2.22. The number of nitrogens with zero attached hydrogens (tertiary/aromatic N) is 1. The minimum absolute atomic E-state index is 0.107. The summed E-state index contributed by atoms with van der Waals surface area (Å²) in [4.78, 5) is 9.83. The Bertz CT molecular complexity index is 305. The smallest absolute Gasteiger partial charge is 0.258 e. The van der Waals surface area contributed by atoms with E-state index in [1.165, 1.54) is 12.2 Å². The molecule has 5 heteroatoms. The highest BCUT2D eigenvalue weighted by Gasteiger charge is 2.14. The topological polar surface area (TPSA) is 43.1 Å². The van der Waals surface area contributed by atoms with Crippen molar-refractivity contribution in [2.24, 2.45) is 0 Å². The van der Waals surface area contributed by atoms with Crippen LogP contribution in [0.5, 0.6) is 0 Å². The van der Waals surface area contributed by atoms with Gasteiger partial charge in [-0.05, 0) is 6.08 Å². The Morgan fingerprint density at radius 2 is 2.17 bits per heavy atom. The van der Waals surface area contributed by atoms with Gasteiger partial charge in [-0.2, -0.15) is 0 Å². The quantitative estimate of drug-likeness (QED) is 0.489. The first kappa shape index (κ1) is 9.29. The van der Waals surface area contributed by atoms with Crippen LogP contribution in [0, 0.1) is 10.1 Å². The van der Waals surface area contributed by atoms with E-state index in [-0.39, 0.29) is 10.7 Å². The van der Waals surface area contributed by atoms with Gasteiger partial charge in [0.25, 0.3) is 5.70 Å². The third kappa shape index (κ3) is 2.09. The van der Waals surface area contributed by atoms with E-state index in [2.05, 4.69) is 0 Å². The Kier molecular flexibility index (Phi) is 2.89. The van der Waals surface area contributed by atoms with Gasteiger partial charge in [0.15, 0.2) is 0 Å². The fourth-order valence-electron chi connectivity index (χ4n) is 0.776. The third-order valence-corrected chi connectivity index (χ3v) is 1.89.